The average Bonchev–Trinajstić information content (AvgIpc) is 3.57. The van der Waals surface area contributed by atoms with Crippen LogP contribution < -0.4 is 14.4 Å². The fourth-order valence-electron chi connectivity index (χ4n) is 5.50. The molecule has 0 aliphatic carbocycles. The summed E-state index contributed by atoms with van der Waals surface area (Å²) in [4.78, 5) is 33.4. The van der Waals surface area contributed by atoms with Crippen LogP contribution in [0.2, 0.25) is 0 Å². The minimum atomic E-state index is -0.995. The number of hydrogen-bond donors (Lipinski definition) is 2. The van der Waals surface area contributed by atoms with Gasteiger partial charge in [-0.05, 0) is 86.3 Å². The van der Waals surface area contributed by atoms with Gasteiger partial charge in [-0.1, -0.05) is 23.5 Å². The van der Waals surface area contributed by atoms with Crippen molar-refractivity contribution in [3.8, 4) is 17.2 Å². The van der Waals surface area contributed by atoms with Crippen molar-refractivity contribution >= 4 is 44.1 Å². The van der Waals surface area contributed by atoms with Crippen molar-refractivity contribution in [2.45, 2.75) is 46.3 Å². The normalized spacial score (nSPS) is 19.8. The second-order valence-corrected chi connectivity index (χ2v) is 11.2. The van der Waals surface area contributed by atoms with Gasteiger partial charge in [0.05, 0.1) is 28.4 Å². The summed E-state index contributed by atoms with van der Waals surface area (Å²) in [6.45, 7) is 8.02. The number of benzene rings is 3. The number of carbonyl (C=O) groups is 2. The summed E-state index contributed by atoms with van der Waals surface area (Å²) in [5.41, 5.74) is 4.54. The molecule has 9 heteroatoms. The molecule has 40 heavy (non-hydrogen) atoms. The number of rotatable bonds is 5. The summed E-state index contributed by atoms with van der Waals surface area (Å²) in [7, 11) is 0. The largest absolute Gasteiger partial charge is 0.507 e. The lowest BCUT2D eigenvalue weighted by Gasteiger charge is -2.23. The van der Waals surface area contributed by atoms with Gasteiger partial charge in [-0.3, -0.25) is 14.5 Å². The Labute approximate surface area is 235 Å². The Balaban J connectivity index is 1.56. The maximum atomic E-state index is 13.7. The Bertz CT molecular complexity index is 1740. The van der Waals surface area contributed by atoms with E-state index in [0.717, 1.165) is 32.7 Å². The van der Waals surface area contributed by atoms with Crippen LogP contribution in [-0.2, 0) is 16.0 Å². The van der Waals surface area contributed by atoms with Crippen molar-refractivity contribution in [3.05, 3.63) is 81.9 Å². The van der Waals surface area contributed by atoms with E-state index in [9.17, 15) is 19.8 Å². The number of anilines is 1. The van der Waals surface area contributed by atoms with Crippen LogP contribution in [0.4, 0.5) is 5.13 Å². The number of phenolic OH excluding ortho intramolecular Hbond substituents is 1. The van der Waals surface area contributed by atoms with E-state index in [-0.39, 0.29) is 28.9 Å². The fourth-order valence-corrected chi connectivity index (χ4v) is 6.67. The van der Waals surface area contributed by atoms with E-state index in [0.29, 0.717) is 29.3 Å². The first-order valence-corrected chi connectivity index (χ1v) is 13.9. The molecule has 0 bridgehead atoms. The second-order valence-electron chi connectivity index (χ2n) is 10.2. The van der Waals surface area contributed by atoms with Crippen molar-refractivity contribution in [1.82, 2.24) is 4.98 Å². The molecule has 2 aliphatic heterocycles. The lowest BCUT2D eigenvalue weighted by molar-refractivity contribution is -0.132. The van der Waals surface area contributed by atoms with Crippen molar-refractivity contribution in [3.63, 3.8) is 0 Å². The zero-order chi connectivity index (χ0) is 28.3. The van der Waals surface area contributed by atoms with Crippen LogP contribution in [0.15, 0.2) is 54.1 Å². The smallest absolute Gasteiger partial charge is 0.301 e. The number of aromatic nitrogens is 1. The van der Waals surface area contributed by atoms with Gasteiger partial charge in [-0.25, -0.2) is 4.98 Å². The summed E-state index contributed by atoms with van der Waals surface area (Å²) < 4.78 is 12.3. The number of Topliss-reactive ketones (excluding diaryl/α,β-unsaturated/α-hetero) is 1. The number of carbonyl (C=O) groups excluding carboxylic acids is 2. The maximum Gasteiger partial charge on any atom is 0.301 e. The van der Waals surface area contributed by atoms with Gasteiger partial charge in [-0.15, -0.1) is 0 Å². The molecule has 0 saturated carbocycles. The maximum absolute atomic E-state index is 13.7. The third-order valence-corrected chi connectivity index (χ3v) is 8.24. The number of fused-ring (bicyclic) bond motifs is 2. The highest BCUT2D eigenvalue weighted by Gasteiger charge is 2.48. The van der Waals surface area contributed by atoms with E-state index in [1.807, 2.05) is 32.9 Å². The van der Waals surface area contributed by atoms with E-state index < -0.39 is 17.7 Å². The number of ketones is 1. The summed E-state index contributed by atoms with van der Waals surface area (Å²) in [6.07, 6.45) is 0.687. The van der Waals surface area contributed by atoms with E-state index in [1.165, 1.54) is 22.3 Å². The van der Waals surface area contributed by atoms with Crippen molar-refractivity contribution in [2.75, 3.05) is 11.5 Å². The van der Waals surface area contributed by atoms with Crippen LogP contribution >= 0.6 is 11.3 Å². The molecule has 0 unspecified atom stereocenters. The molecule has 4 aromatic rings. The number of aliphatic hydroxyl groups is 1. The first-order valence-electron chi connectivity index (χ1n) is 13.1. The first kappa shape index (κ1) is 25.9. The molecule has 1 fully saturated rings. The molecule has 6 rings (SSSR count). The molecule has 8 nitrogen and oxygen atoms in total. The highest BCUT2D eigenvalue weighted by Crippen LogP contribution is 2.46. The zero-order valence-electron chi connectivity index (χ0n) is 22.5. The molecule has 0 radical (unpaired) electrons. The highest BCUT2D eigenvalue weighted by atomic mass is 32.1. The highest BCUT2D eigenvalue weighted by molar-refractivity contribution is 7.22. The molecule has 3 heterocycles. The number of aryl methyl sites for hydroxylation is 2. The van der Waals surface area contributed by atoms with Gasteiger partial charge in [0.25, 0.3) is 5.78 Å². The number of thiazole rings is 1. The van der Waals surface area contributed by atoms with Crippen molar-refractivity contribution in [2.24, 2.45) is 0 Å². The molecule has 1 aromatic heterocycles. The second kappa shape index (κ2) is 9.67. The molecule has 2 aliphatic rings. The topological polar surface area (TPSA) is 109 Å². The molecule has 2 atom stereocenters. The molecule has 1 saturated heterocycles. The Morgan fingerprint density at radius 3 is 2.73 bits per heavy atom. The monoisotopic (exact) mass is 556 g/mol. The Morgan fingerprint density at radius 1 is 1.15 bits per heavy atom. The lowest BCUT2D eigenvalue weighted by atomic mass is 9.94. The quantitative estimate of drug-likeness (QED) is 0.177. The third-order valence-electron chi connectivity index (χ3n) is 7.24. The van der Waals surface area contributed by atoms with Crippen LogP contribution in [0.3, 0.4) is 0 Å². The van der Waals surface area contributed by atoms with Gasteiger partial charge in [0.1, 0.15) is 17.6 Å². The van der Waals surface area contributed by atoms with Crippen LogP contribution in [0.25, 0.3) is 16.0 Å². The van der Waals surface area contributed by atoms with Gasteiger partial charge in [0.15, 0.2) is 16.6 Å². The first-order chi connectivity index (χ1) is 19.2. The van der Waals surface area contributed by atoms with Crippen molar-refractivity contribution < 1.29 is 29.3 Å². The predicted octanol–water partition coefficient (Wildman–Crippen LogP) is 5.97. The molecular formula is C31H28N2O6S. The van der Waals surface area contributed by atoms with Gasteiger partial charge < -0.3 is 19.7 Å². The van der Waals surface area contributed by atoms with Crippen LogP contribution in [-0.4, -0.2) is 39.6 Å². The number of amides is 1. The van der Waals surface area contributed by atoms with Gasteiger partial charge in [-0.2, -0.15) is 0 Å². The van der Waals surface area contributed by atoms with Gasteiger partial charge in [0.2, 0.25) is 0 Å². The predicted molar refractivity (Wildman–Crippen MR) is 153 cm³/mol. The standard InChI is InChI=1S/C31H28N2O6S/c1-5-38-23-14-18(6-8-21(23)34)27-25(28(35)19-7-9-22-20(13-19)12-17(4)39-22)29(36)30(37)33(27)31-32-26-16(3)10-15(2)11-24(26)40-31/h6-11,13-14,17,27,34-35H,5,12H2,1-4H3/b28-25+/t17-,27+/m0/s1. The summed E-state index contributed by atoms with van der Waals surface area (Å²) >= 11 is 1.31. The number of hydrogen-bond acceptors (Lipinski definition) is 8. The molecule has 204 valence electrons. The van der Waals surface area contributed by atoms with Gasteiger partial charge >= 0.3 is 5.91 Å². The Morgan fingerprint density at radius 2 is 1.95 bits per heavy atom. The van der Waals surface area contributed by atoms with E-state index in [1.54, 1.807) is 37.3 Å². The minimum absolute atomic E-state index is 0.0121. The Hall–Kier alpha value is -4.37. The number of nitrogens with zero attached hydrogens (tertiary/aromatic N) is 2. The number of phenols is 1. The number of aromatic hydroxyl groups is 1. The van der Waals surface area contributed by atoms with Crippen LogP contribution in [0.1, 0.15) is 47.7 Å². The van der Waals surface area contributed by atoms with Crippen LogP contribution in [0.5, 0.6) is 17.2 Å². The molecule has 1 amide bonds. The number of aliphatic hydroxyl groups excluding tert-OH is 1. The van der Waals surface area contributed by atoms with E-state index in [4.69, 9.17) is 14.5 Å². The minimum Gasteiger partial charge on any atom is -0.507 e. The fraction of sp³-hybridized carbons (Fsp3) is 0.258. The number of ether oxygens (including phenoxy) is 2. The lowest BCUT2D eigenvalue weighted by Crippen LogP contribution is -2.29. The summed E-state index contributed by atoms with van der Waals surface area (Å²) in [5, 5.41) is 22.3. The van der Waals surface area contributed by atoms with Crippen molar-refractivity contribution in [1.29, 1.82) is 0 Å². The summed E-state index contributed by atoms with van der Waals surface area (Å²) in [5.74, 6) is -1.00. The molecule has 0 spiro atoms. The summed E-state index contributed by atoms with van der Waals surface area (Å²) in [6, 6.07) is 12.9. The average molecular weight is 557 g/mol. The van der Waals surface area contributed by atoms with E-state index in [2.05, 4.69) is 0 Å². The molecule has 3 aromatic carbocycles. The van der Waals surface area contributed by atoms with Crippen LogP contribution in [0, 0.1) is 13.8 Å². The zero-order valence-corrected chi connectivity index (χ0v) is 23.3. The Kier molecular flexibility index (Phi) is 6.26. The van der Waals surface area contributed by atoms with E-state index >= 15 is 0 Å². The van der Waals surface area contributed by atoms with Gasteiger partial charge in [0, 0.05) is 12.0 Å². The SMILES string of the molecule is CCOc1cc([C@@H]2/C(=C(\O)c3ccc4c(c3)C[C@H](C)O4)C(=O)C(=O)N2c2nc3c(C)cc(C)cc3s2)ccc1O. The third kappa shape index (κ3) is 4.17. The molecule has 2 N–H and O–H groups in total. The molecular weight excluding hydrogens is 528 g/mol.